The number of rotatable bonds is 9. The fourth-order valence-electron chi connectivity index (χ4n) is 3.57. The third kappa shape index (κ3) is 7.27. The predicted octanol–water partition coefficient (Wildman–Crippen LogP) is 6.39. The fourth-order valence-corrected chi connectivity index (χ4v) is 7.50. The summed E-state index contributed by atoms with van der Waals surface area (Å²) in [6.07, 6.45) is -1.12. The van der Waals surface area contributed by atoms with Gasteiger partial charge >= 0.3 is 0 Å². The summed E-state index contributed by atoms with van der Waals surface area (Å²) in [5, 5.41) is -0.00165. The van der Waals surface area contributed by atoms with E-state index >= 15 is 0 Å². The molecule has 1 aliphatic heterocycles. The monoisotopic (exact) mass is 544 g/mol. The summed E-state index contributed by atoms with van der Waals surface area (Å²) >= 11 is 0. The van der Waals surface area contributed by atoms with Gasteiger partial charge < -0.3 is 18.3 Å². The third-order valence-electron chi connectivity index (χ3n) is 7.93. The topological polar surface area (TPSA) is 71.1 Å². The highest BCUT2D eigenvalue weighted by molar-refractivity contribution is 7.92. The van der Waals surface area contributed by atoms with E-state index in [4.69, 9.17) is 18.3 Å². The lowest BCUT2D eigenvalue weighted by molar-refractivity contribution is -0.173. The smallest absolute Gasteiger partial charge is 0.205 e. The van der Waals surface area contributed by atoms with E-state index in [1.807, 2.05) is 13.0 Å². The van der Waals surface area contributed by atoms with Crippen molar-refractivity contribution in [1.29, 1.82) is 0 Å². The average Bonchev–Trinajstić information content (AvgIpc) is 2.72. The van der Waals surface area contributed by atoms with Gasteiger partial charge in [0.2, 0.25) is 9.84 Å². The normalized spacial score (nSPS) is 25.0. The van der Waals surface area contributed by atoms with Gasteiger partial charge in [0.1, 0.15) is 12.2 Å². The zero-order chi connectivity index (χ0) is 26.9. The molecule has 35 heavy (non-hydrogen) atoms. The van der Waals surface area contributed by atoms with Gasteiger partial charge in [0, 0.05) is 13.0 Å². The van der Waals surface area contributed by atoms with Gasteiger partial charge in [0.05, 0.1) is 17.6 Å². The van der Waals surface area contributed by atoms with E-state index in [1.54, 1.807) is 24.3 Å². The number of hydrogen-bond donors (Lipinski definition) is 0. The quantitative estimate of drug-likeness (QED) is 0.335. The summed E-state index contributed by atoms with van der Waals surface area (Å²) in [6, 6.07) is 8.53. The van der Waals surface area contributed by atoms with E-state index in [0.717, 1.165) is 0 Å². The molecule has 0 aliphatic carbocycles. The van der Waals surface area contributed by atoms with Crippen molar-refractivity contribution in [3.8, 4) is 0 Å². The molecule has 0 spiro atoms. The Labute approximate surface area is 216 Å². The Morgan fingerprint density at radius 2 is 1.49 bits per heavy atom. The standard InChI is InChI=1S/C26H48O6SSi2/c1-12-29-24-21(32-35(10,11)26(5,6)7)18-23(33(27,28)20-16-14-13-15-17-20)31-22(24)19-30-34(8,9)25(2,3)4/h13-17,21-24H,12,18-19H2,1-11H3/t21-,22-,23+,24+/m1/s1. The van der Waals surface area contributed by atoms with Gasteiger partial charge in [-0.05, 0) is 55.3 Å². The van der Waals surface area contributed by atoms with Gasteiger partial charge in [-0.1, -0.05) is 59.7 Å². The van der Waals surface area contributed by atoms with Crippen LogP contribution in [0, 0.1) is 0 Å². The van der Waals surface area contributed by atoms with Crippen molar-refractivity contribution in [3.05, 3.63) is 30.3 Å². The maximum Gasteiger partial charge on any atom is 0.205 e. The van der Waals surface area contributed by atoms with Crippen LogP contribution in [0.3, 0.4) is 0 Å². The SMILES string of the molecule is CCO[C@@H]1[C@@H](CO[Si](C)(C)C(C)(C)C)O[C@@H](S(=O)(=O)c2ccccc2)C[C@H]1O[Si](C)(C)C(C)(C)C. The Balaban J connectivity index is 2.46. The molecular formula is C26H48O6SSi2. The molecular weight excluding hydrogens is 497 g/mol. The van der Waals surface area contributed by atoms with Gasteiger partial charge in [-0.3, -0.25) is 0 Å². The predicted molar refractivity (Wildman–Crippen MR) is 148 cm³/mol. The van der Waals surface area contributed by atoms with Crippen LogP contribution in [0.2, 0.25) is 36.3 Å². The Bertz CT molecular complexity index is 919. The molecule has 0 saturated carbocycles. The van der Waals surface area contributed by atoms with Gasteiger partial charge in [0.25, 0.3) is 0 Å². The van der Waals surface area contributed by atoms with Crippen molar-refractivity contribution < 1.29 is 26.7 Å². The van der Waals surface area contributed by atoms with Gasteiger partial charge in [-0.2, -0.15) is 0 Å². The Morgan fingerprint density at radius 1 is 0.943 bits per heavy atom. The lowest BCUT2D eigenvalue weighted by atomic mass is 10.0. The molecule has 0 bridgehead atoms. The van der Waals surface area contributed by atoms with Crippen LogP contribution < -0.4 is 0 Å². The first-order valence-electron chi connectivity index (χ1n) is 12.7. The molecule has 0 N–H and O–H groups in total. The average molecular weight is 545 g/mol. The van der Waals surface area contributed by atoms with E-state index in [1.165, 1.54) is 0 Å². The molecule has 0 amide bonds. The summed E-state index contributed by atoms with van der Waals surface area (Å²) in [5.74, 6) is 0. The van der Waals surface area contributed by atoms with E-state index in [-0.39, 0.29) is 28.0 Å². The number of sulfone groups is 1. The van der Waals surface area contributed by atoms with Crippen LogP contribution in [-0.2, 0) is 28.2 Å². The molecule has 9 heteroatoms. The second-order valence-electron chi connectivity index (χ2n) is 12.6. The molecule has 1 aromatic rings. The lowest BCUT2D eigenvalue weighted by Gasteiger charge is -2.47. The van der Waals surface area contributed by atoms with Crippen LogP contribution in [0.25, 0.3) is 0 Å². The third-order valence-corrected chi connectivity index (χ3v) is 18.9. The van der Waals surface area contributed by atoms with E-state index < -0.39 is 50.2 Å². The number of benzene rings is 1. The molecule has 4 atom stereocenters. The minimum atomic E-state index is -3.73. The molecule has 1 saturated heterocycles. The second-order valence-corrected chi connectivity index (χ2v) is 24.3. The van der Waals surface area contributed by atoms with E-state index in [2.05, 4.69) is 67.7 Å². The zero-order valence-corrected chi connectivity index (χ0v) is 26.5. The minimum absolute atomic E-state index is 0.0231. The Hall–Kier alpha value is -0.556. The van der Waals surface area contributed by atoms with E-state index in [0.29, 0.717) is 6.61 Å². The Morgan fingerprint density at radius 3 is 1.97 bits per heavy atom. The first kappa shape index (κ1) is 30.7. The zero-order valence-electron chi connectivity index (χ0n) is 23.7. The molecule has 1 aromatic carbocycles. The van der Waals surface area contributed by atoms with Crippen LogP contribution in [0.4, 0.5) is 0 Å². The summed E-state index contributed by atoms with van der Waals surface area (Å²) < 4.78 is 53.1. The molecule has 0 aromatic heterocycles. The number of hydrogen-bond acceptors (Lipinski definition) is 6. The van der Waals surface area contributed by atoms with Crippen LogP contribution in [0.1, 0.15) is 54.9 Å². The van der Waals surface area contributed by atoms with Crippen LogP contribution in [-0.4, -0.2) is 62.0 Å². The first-order valence-corrected chi connectivity index (χ1v) is 20.1. The lowest BCUT2D eigenvalue weighted by Crippen LogP contribution is -2.58. The highest BCUT2D eigenvalue weighted by Gasteiger charge is 2.50. The molecule has 202 valence electrons. The van der Waals surface area contributed by atoms with Crippen molar-refractivity contribution in [2.75, 3.05) is 13.2 Å². The summed E-state index contributed by atoms with van der Waals surface area (Å²) in [7, 11) is -8.03. The molecule has 0 radical (unpaired) electrons. The largest absolute Gasteiger partial charge is 0.414 e. The van der Waals surface area contributed by atoms with Crippen LogP contribution in [0.15, 0.2) is 35.2 Å². The van der Waals surface area contributed by atoms with Crippen molar-refractivity contribution in [3.63, 3.8) is 0 Å². The van der Waals surface area contributed by atoms with Gasteiger partial charge in [-0.25, -0.2) is 8.42 Å². The molecule has 2 rings (SSSR count). The molecule has 1 aliphatic rings. The highest BCUT2D eigenvalue weighted by Crippen LogP contribution is 2.42. The minimum Gasteiger partial charge on any atom is -0.414 e. The van der Waals surface area contributed by atoms with Crippen LogP contribution >= 0.6 is 0 Å². The summed E-state index contributed by atoms with van der Waals surface area (Å²) in [4.78, 5) is 0.259. The van der Waals surface area contributed by atoms with Crippen molar-refractivity contribution in [2.45, 2.75) is 120 Å². The van der Waals surface area contributed by atoms with Crippen molar-refractivity contribution >= 4 is 26.5 Å². The molecule has 1 fully saturated rings. The summed E-state index contributed by atoms with van der Waals surface area (Å²) in [6.45, 7) is 24.6. The van der Waals surface area contributed by atoms with Crippen LogP contribution in [0.5, 0.6) is 0 Å². The molecule has 6 nitrogen and oxygen atoms in total. The van der Waals surface area contributed by atoms with Crippen molar-refractivity contribution in [2.24, 2.45) is 0 Å². The Kier molecular flexibility index (Phi) is 9.68. The van der Waals surface area contributed by atoms with Gasteiger partial charge in [-0.15, -0.1) is 0 Å². The van der Waals surface area contributed by atoms with Crippen molar-refractivity contribution in [1.82, 2.24) is 0 Å². The first-order chi connectivity index (χ1) is 15.8. The highest BCUT2D eigenvalue weighted by atomic mass is 32.2. The maximum atomic E-state index is 13.6. The second kappa shape index (κ2) is 11.0. The molecule has 0 unspecified atom stereocenters. The summed E-state index contributed by atoms with van der Waals surface area (Å²) in [5.41, 5.74) is -1.02. The van der Waals surface area contributed by atoms with E-state index in [9.17, 15) is 8.42 Å². The number of ether oxygens (including phenoxy) is 2. The fraction of sp³-hybridized carbons (Fsp3) is 0.769. The maximum absolute atomic E-state index is 13.6. The molecule has 1 heterocycles. The van der Waals surface area contributed by atoms with Gasteiger partial charge in [0.15, 0.2) is 22.1 Å².